The van der Waals surface area contributed by atoms with Crippen LogP contribution in [0.5, 0.6) is 0 Å². The van der Waals surface area contributed by atoms with Gasteiger partial charge in [0.2, 0.25) is 0 Å². The third-order valence-corrected chi connectivity index (χ3v) is 7.09. The summed E-state index contributed by atoms with van der Waals surface area (Å²) in [5, 5.41) is 2.08. The van der Waals surface area contributed by atoms with E-state index >= 15 is 0 Å². The summed E-state index contributed by atoms with van der Waals surface area (Å²) in [5.74, 6) is 0.662. The van der Waals surface area contributed by atoms with Crippen molar-refractivity contribution < 1.29 is 4.79 Å². The number of carbonyl (C=O) groups excluding carboxylic acids is 1. The Morgan fingerprint density at radius 1 is 1.30 bits per heavy atom. The first-order valence-electron chi connectivity index (χ1n) is 10.4. The first kappa shape index (κ1) is 25.1. The van der Waals surface area contributed by atoms with Crippen LogP contribution in [0, 0.1) is 5.92 Å². The number of hydrogen-bond acceptors (Lipinski definition) is 5. The van der Waals surface area contributed by atoms with Gasteiger partial charge in [-0.2, -0.15) is 0 Å². The minimum Gasteiger partial charge on any atom is -0.338 e. The van der Waals surface area contributed by atoms with E-state index in [9.17, 15) is 4.79 Å². The number of nitrogens with two attached hydrogens (primary N) is 1. The third-order valence-electron chi connectivity index (χ3n) is 6.08. The summed E-state index contributed by atoms with van der Waals surface area (Å²) in [6, 6.07) is 4.31. The van der Waals surface area contributed by atoms with Crippen molar-refractivity contribution in [3.63, 3.8) is 0 Å². The zero-order valence-electron chi connectivity index (χ0n) is 17.5. The van der Waals surface area contributed by atoms with Crippen molar-refractivity contribution in [3.05, 3.63) is 51.0 Å². The first-order chi connectivity index (χ1) is 13.7. The second kappa shape index (κ2) is 11.4. The van der Waals surface area contributed by atoms with E-state index in [2.05, 4.69) is 34.3 Å². The highest BCUT2D eigenvalue weighted by Gasteiger charge is 2.29. The highest BCUT2D eigenvalue weighted by atomic mass is 35.5. The number of amides is 1. The molecule has 2 aromatic rings. The molecule has 0 bridgehead atoms. The molecular formula is C22H32Cl2N4OS. The molecule has 0 saturated carbocycles. The SMILES string of the molecule is CCc1ccc(CN2CCc3c(C(=O)N4CCCC(CN)C4)csc3C2)nc1.Cl.Cl. The fourth-order valence-electron chi connectivity index (χ4n) is 4.29. The van der Waals surface area contributed by atoms with Crippen LogP contribution in [0.1, 0.15) is 51.8 Å². The lowest BCUT2D eigenvalue weighted by Gasteiger charge is -2.33. The molecule has 0 aromatic carbocycles. The molecule has 4 rings (SSSR count). The predicted molar refractivity (Wildman–Crippen MR) is 128 cm³/mol. The number of halogens is 2. The molecule has 1 unspecified atom stereocenters. The quantitative estimate of drug-likeness (QED) is 0.718. The minimum absolute atomic E-state index is 0. The number of hydrogen-bond donors (Lipinski definition) is 1. The monoisotopic (exact) mass is 470 g/mol. The molecule has 0 radical (unpaired) electrons. The molecule has 0 aliphatic carbocycles. The Morgan fingerprint density at radius 2 is 2.13 bits per heavy atom. The van der Waals surface area contributed by atoms with E-state index in [1.807, 2.05) is 11.1 Å². The van der Waals surface area contributed by atoms with Gasteiger partial charge in [0.25, 0.3) is 5.91 Å². The summed E-state index contributed by atoms with van der Waals surface area (Å²) in [6.45, 7) is 7.26. The van der Waals surface area contributed by atoms with Crippen LogP contribution in [0.4, 0.5) is 0 Å². The fourth-order valence-corrected chi connectivity index (χ4v) is 5.41. The molecule has 1 fully saturated rings. The highest BCUT2D eigenvalue weighted by molar-refractivity contribution is 7.10. The van der Waals surface area contributed by atoms with E-state index in [1.54, 1.807) is 11.3 Å². The van der Waals surface area contributed by atoms with Crippen LogP contribution < -0.4 is 5.73 Å². The average Bonchev–Trinajstić information content (AvgIpc) is 3.17. The third kappa shape index (κ3) is 5.54. The maximum atomic E-state index is 13.1. The van der Waals surface area contributed by atoms with Crippen LogP contribution in [-0.4, -0.2) is 46.9 Å². The Labute approximate surface area is 195 Å². The van der Waals surface area contributed by atoms with Gasteiger partial charge < -0.3 is 10.6 Å². The summed E-state index contributed by atoms with van der Waals surface area (Å²) in [7, 11) is 0. The molecule has 8 heteroatoms. The van der Waals surface area contributed by atoms with Crippen LogP contribution in [0.25, 0.3) is 0 Å². The van der Waals surface area contributed by atoms with Gasteiger partial charge in [-0.1, -0.05) is 13.0 Å². The average molecular weight is 471 g/mol. The number of thiophene rings is 1. The van der Waals surface area contributed by atoms with Crippen molar-refractivity contribution in [1.29, 1.82) is 0 Å². The van der Waals surface area contributed by atoms with E-state index in [-0.39, 0.29) is 30.7 Å². The Bertz CT molecular complexity index is 827. The van der Waals surface area contributed by atoms with Crippen molar-refractivity contribution in [1.82, 2.24) is 14.8 Å². The minimum atomic E-state index is 0. The van der Waals surface area contributed by atoms with Crippen LogP contribution in [0.3, 0.4) is 0 Å². The molecule has 0 spiro atoms. The van der Waals surface area contributed by atoms with Crippen molar-refractivity contribution in [3.8, 4) is 0 Å². The van der Waals surface area contributed by atoms with Crippen molar-refractivity contribution >= 4 is 42.1 Å². The first-order valence-corrected chi connectivity index (χ1v) is 11.3. The normalized spacial score (nSPS) is 18.9. The van der Waals surface area contributed by atoms with Gasteiger partial charge in [-0.05, 0) is 55.3 Å². The maximum Gasteiger partial charge on any atom is 0.254 e. The number of rotatable bonds is 5. The number of aryl methyl sites for hydroxylation is 1. The Hall–Kier alpha value is -1.18. The van der Waals surface area contributed by atoms with Gasteiger partial charge in [0.05, 0.1) is 11.3 Å². The summed E-state index contributed by atoms with van der Waals surface area (Å²) in [4.78, 5) is 23.5. The Balaban J connectivity index is 0.00000160. The number of carbonyl (C=O) groups is 1. The number of aromatic nitrogens is 1. The van der Waals surface area contributed by atoms with E-state index in [0.29, 0.717) is 12.5 Å². The second-order valence-corrected chi connectivity index (χ2v) is 8.98. The molecule has 2 aliphatic rings. The summed E-state index contributed by atoms with van der Waals surface area (Å²) in [5.41, 5.74) is 10.4. The topological polar surface area (TPSA) is 62.5 Å². The summed E-state index contributed by atoms with van der Waals surface area (Å²) < 4.78 is 0. The number of fused-ring (bicyclic) bond motifs is 1. The molecule has 1 atom stereocenters. The van der Waals surface area contributed by atoms with Gasteiger partial charge in [0, 0.05) is 49.2 Å². The molecule has 1 saturated heterocycles. The molecule has 30 heavy (non-hydrogen) atoms. The van der Waals surface area contributed by atoms with Gasteiger partial charge in [-0.15, -0.1) is 36.2 Å². The second-order valence-electron chi connectivity index (χ2n) is 8.02. The lowest BCUT2D eigenvalue weighted by atomic mass is 9.96. The summed E-state index contributed by atoms with van der Waals surface area (Å²) >= 11 is 1.74. The van der Waals surface area contributed by atoms with Crippen molar-refractivity contribution in [2.24, 2.45) is 11.7 Å². The lowest BCUT2D eigenvalue weighted by Crippen LogP contribution is -2.42. The van der Waals surface area contributed by atoms with Crippen molar-refractivity contribution in [2.45, 2.75) is 45.7 Å². The zero-order valence-corrected chi connectivity index (χ0v) is 20.0. The summed E-state index contributed by atoms with van der Waals surface area (Å²) in [6.07, 6.45) is 6.16. The highest BCUT2D eigenvalue weighted by Crippen LogP contribution is 2.31. The zero-order chi connectivity index (χ0) is 19.5. The van der Waals surface area contributed by atoms with Crippen LogP contribution in [-0.2, 0) is 25.9 Å². The lowest BCUT2D eigenvalue weighted by molar-refractivity contribution is 0.0677. The molecule has 4 heterocycles. The molecule has 166 valence electrons. The van der Waals surface area contributed by atoms with Crippen LogP contribution in [0.2, 0.25) is 0 Å². The van der Waals surface area contributed by atoms with Gasteiger partial charge >= 0.3 is 0 Å². The van der Waals surface area contributed by atoms with Crippen molar-refractivity contribution in [2.75, 3.05) is 26.2 Å². The van der Waals surface area contributed by atoms with E-state index in [1.165, 1.54) is 16.0 Å². The molecule has 2 aliphatic heterocycles. The van der Waals surface area contributed by atoms with E-state index in [4.69, 9.17) is 5.73 Å². The standard InChI is InChI=1S/C22H30N4OS.2ClH/c1-2-16-5-6-18(24-11-16)13-25-9-7-19-20(15-28-21(19)14-25)22(27)26-8-3-4-17(10-23)12-26;;/h5-6,11,15,17H,2-4,7-10,12-14,23H2,1H3;2*1H. The van der Waals surface area contributed by atoms with Gasteiger partial charge in [0.15, 0.2) is 0 Å². The Kier molecular flexibility index (Phi) is 9.57. The number of likely N-dealkylation sites (tertiary alicyclic amines) is 1. The van der Waals surface area contributed by atoms with E-state index in [0.717, 1.165) is 69.7 Å². The molecular weight excluding hydrogens is 439 g/mol. The number of nitrogens with zero attached hydrogens (tertiary/aromatic N) is 3. The van der Waals surface area contributed by atoms with Crippen LogP contribution in [0.15, 0.2) is 23.7 Å². The van der Waals surface area contributed by atoms with E-state index < -0.39 is 0 Å². The number of pyridine rings is 1. The smallest absolute Gasteiger partial charge is 0.254 e. The van der Waals surface area contributed by atoms with Gasteiger partial charge in [-0.25, -0.2) is 0 Å². The maximum absolute atomic E-state index is 13.1. The largest absolute Gasteiger partial charge is 0.338 e. The molecule has 5 nitrogen and oxygen atoms in total. The van der Waals surface area contributed by atoms with Gasteiger partial charge in [0.1, 0.15) is 0 Å². The van der Waals surface area contributed by atoms with Gasteiger partial charge in [-0.3, -0.25) is 14.7 Å². The Morgan fingerprint density at radius 3 is 2.83 bits per heavy atom. The predicted octanol–water partition coefficient (Wildman–Crippen LogP) is 3.92. The number of piperidine rings is 1. The molecule has 2 aromatic heterocycles. The molecule has 2 N–H and O–H groups in total. The van der Waals surface area contributed by atoms with Crippen LogP contribution >= 0.6 is 36.2 Å². The molecule has 1 amide bonds. The fraction of sp³-hybridized carbons (Fsp3) is 0.545.